The smallest absolute Gasteiger partial charge is 0.218 e. The van der Waals surface area contributed by atoms with Crippen LogP contribution < -0.4 is 0 Å². The highest BCUT2D eigenvalue weighted by molar-refractivity contribution is 7.88. The van der Waals surface area contributed by atoms with Gasteiger partial charge in [0.2, 0.25) is 10.0 Å². The molecule has 0 spiro atoms. The Hall–Kier alpha value is -2.27. The summed E-state index contributed by atoms with van der Waals surface area (Å²) < 4.78 is 39.8. The van der Waals surface area contributed by atoms with E-state index in [4.69, 9.17) is 0 Å². The van der Waals surface area contributed by atoms with E-state index in [9.17, 15) is 18.1 Å². The van der Waals surface area contributed by atoms with Gasteiger partial charge >= 0.3 is 0 Å². The summed E-state index contributed by atoms with van der Waals surface area (Å²) >= 11 is 0. The average Bonchev–Trinajstić information content (AvgIpc) is 2.66. The largest absolute Gasteiger partial charge is 0.282 e. The Bertz CT molecular complexity index is 930. The molecule has 0 radical (unpaired) electrons. The first-order chi connectivity index (χ1) is 12.9. The second-order valence-electron chi connectivity index (χ2n) is 6.71. The molecule has 27 heavy (non-hydrogen) atoms. The molecule has 0 aliphatic carbocycles. The van der Waals surface area contributed by atoms with Crippen LogP contribution in [0.2, 0.25) is 0 Å². The monoisotopic (exact) mass is 387 g/mol. The molecule has 1 aliphatic rings. The molecule has 1 atom stereocenters. The lowest BCUT2D eigenvalue weighted by Gasteiger charge is -2.36. The van der Waals surface area contributed by atoms with Gasteiger partial charge in [0.25, 0.3) is 0 Å². The molecule has 0 bridgehead atoms. The quantitative estimate of drug-likeness (QED) is 0.791. The maximum atomic E-state index is 13.0. The predicted molar refractivity (Wildman–Crippen MR) is 102 cm³/mol. The number of nitrogens with zero attached hydrogens (tertiary/aromatic N) is 3. The molecule has 1 heterocycles. The van der Waals surface area contributed by atoms with Crippen molar-refractivity contribution >= 4 is 10.0 Å². The predicted octanol–water partition coefficient (Wildman–Crippen LogP) is 2.85. The summed E-state index contributed by atoms with van der Waals surface area (Å²) in [4.78, 5) is 2.02. The molecule has 0 amide bonds. The zero-order valence-corrected chi connectivity index (χ0v) is 16.0. The molecule has 1 fully saturated rings. The summed E-state index contributed by atoms with van der Waals surface area (Å²) in [6.07, 6.45) is 0. The van der Waals surface area contributed by atoms with Crippen molar-refractivity contribution in [3.63, 3.8) is 0 Å². The molecule has 2 aromatic rings. The molecule has 142 valence electrons. The third-order valence-electron chi connectivity index (χ3n) is 4.90. The summed E-state index contributed by atoms with van der Waals surface area (Å²) in [6.45, 7) is 3.65. The lowest BCUT2D eigenvalue weighted by Crippen LogP contribution is -2.49. The van der Waals surface area contributed by atoms with Crippen LogP contribution in [0, 0.1) is 24.1 Å². The van der Waals surface area contributed by atoms with E-state index in [0.717, 1.165) is 11.1 Å². The van der Waals surface area contributed by atoms with Crippen LogP contribution in [0.15, 0.2) is 48.5 Å². The SMILES string of the molecule is Cc1ccccc1C(C#N)N1CCN(S(=O)(=O)Cc2ccc(F)cc2)CC1. The zero-order chi connectivity index (χ0) is 19.4. The molecule has 1 aliphatic heterocycles. The lowest BCUT2D eigenvalue weighted by atomic mass is 10.0. The fraction of sp³-hybridized carbons (Fsp3) is 0.350. The minimum absolute atomic E-state index is 0.146. The van der Waals surface area contributed by atoms with Crippen LogP contribution >= 0.6 is 0 Å². The summed E-state index contributed by atoms with van der Waals surface area (Å²) in [6, 6.07) is 15.3. The minimum atomic E-state index is -3.48. The number of hydrogen-bond acceptors (Lipinski definition) is 4. The number of aryl methyl sites for hydroxylation is 1. The summed E-state index contributed by atoms with van der Waals surface area (Å²) in [5, 5.41) is 9.65. The number of sulfonamides is 1. The Balaban J connectivity index is 1.66. The van der Waals surface area contributed by atoms with Gasteiger partial charge in [-0.1, -0.05) is 36.4 Å². The molecule has 1 saturated heterocycles. The Labute approximate surface area is 159 Å². The van der Waals surface area contributed by atoms with Crippen molar-refractivity contribution < 1.29 is 12.8 Å². The first-order valence-electron chi connectivity index (χ1n) is 8.82. The van der Waals surface area contributed by atoms with Gasteiger partial charge in [0.05, 0.1) is 11.8 Å². The fourth-order valence-electron chi connectivity index (χ4n) is 3.36. The standard InChI is InChI=1S/C20H22FN3O2S/c1-16-4-2-3-5-19(16)20(14-22)23-10-12-24(13-11-23)27(25,26)15-17-6-8-18(21)9-7-17/h2-9,20H,10-13,15H2,1H3. The average molecular weight is 387 g/mol. The van der Waals surface area contributed by atoms with Crippen LogP contribution in [0.3, 0.4) is 0 Å². The lowest BCUT2D eigenvalue weighted by molar-refractivity contribution is 0.162. The third kappa shape index (κ3) is 4.53. The summed E-state index contributed by atoms with van der Waals surface area (Å²) in [5.41, 5.74) is 2.58. The van der Waals surface area contributed by atoms with Crippen molar-refractivity contribution in [2.45, 2.75) is 18.7 Å². The number of rotatable bonds is 5. The van der Waals surface area contributed by atoms with E-state index in [1.807, 2.05) is 36.1 Å². The molecule has 0 saturated carbocycles. The van der Waals surface area contributed by atoms with E-state index in [2.05, 4.69) is 6.07 Å². The molecule has 2 aromatic carbocycles. The number of halogens is 1. The first-order valence-corrected chi connectivity index (χ1v) is 10.4. The molecule has 0 N–H and O–H groups in total. The Morgan fingerprint density at radius 1 is 1.07 bits per heavy atom. The van der Waals surface area contributed by atoms with Crippen molar-refractivity contribution in [3.8, 4) is 6.07 Å². The number of hydrogen-bond donors (Lipinski definition) is 0. The van der Waals surface area contributed by atoms with Gasteiger partial charge in [-0.2, -0.15) is 9.57 Å². The highest BCUT2D eigenvalue weighted by Crippen LogP contribution is 2.25. The van der Waals surface area contributed by atoms with E-state index in [0.29, 0.717) is 31.7 Å². The summed E-state index contributed by atoms with van der Waals surface area (Å²) in [7, 11) is -3.48. The second kappa shape index (κ2) is 8.17. The van der Waals surface area contributed by atoms with Crippen molar-refractivity contribution in [1.82, 2.24) is 9.21 Å². The van der Waals surface area contributed by atoms with E-state index in [1.165, 1.54) is 28.6 Å². The highest BCUT2D eigenvalue weighted by atomic mass is 32.2. The van der Waals surface area contributed by atoms with Crippen LogP contribution in [0.1, 0.15) is 22.7 Å². The summed E-state index contributed by atoms with van der Waals surface area (Å²) in [5.74, 6) is -0.532. The molecule has 5 nitrogen and oxygen atoms in total. The van der Waals surface area contributed by atoms with Gasteiger partial charge in [-0.05, 0) is 35.7 Å². The molecule has 1 unspecified atom stereocenters. The second-order valence-corrected chi connectivity index (χ2v) is 8.67. The van der Waals surface area contributed by atoms with Crippen molar-refractivity contribution in [2.24, 2.45) is 0 Å². The van der Waals surface area contributed by atoms with Gasteiger partial charge in [-0.3, -0.25) is 4.90 Å². The Morgan fingerprint density at radius 2 is 1.70 bits per heavy atom. The topological polar surface area (TPSA) is 64.4 Å². The van der Waals surface area contributed by atoms with Gasteiger partial charge in [-0.25, -0.2) is 12.8 Å². The van der Waals surface area contributed by atoms with E-state index >= 15 is 0 Å². The zero-order valence-electron chi connectivity index (χ0n) is 15.2. The maximum absolute atomic E-state index is 13.0. The third-order valence-corrected chi connectivity index (χ3v) is 6.75. The van der Waals surface area contributed by atoms with Gasteiger partial charge in [0.15, 0.2) is 0 Å². The van der Waals surface area contributed by atoms with Crippen LogP contribution in [-0.2, 0) is 15.8 Å². The van der Waals surface area contributed by atoms with E-state index in [-0.39, 0.29) is 17.6 Å². The number of benzene rings is 2. The molecular formula is C20H22FN3O2S. The molecule has 0 aromatic heterocycles. The van der Waals surface area contributed by atoms with Crippen LogP contribution in [0.4, 0.5) is 4.39 Å². The fourth-order valence-corrected chi connectivity index (χ4v) is 4.88. The molecular weight excluding hydrogens is 365 g/mol. The Morgan fingerprint density at radius 3 is 2.30 bits per heavy atom. The first kappa shape index (κ1) is 19.5. The Kier molecular flexibility index (Phi) is 5.90. The van der Waals surface area contributed by atoms with Crippen molar-refractivity contribution in [2.75, 3.05) is 26.2 Å². The molecule has 7 heteroatoms. The van der Waals surface area contributed by atoms with Crippen molar-refractivity contribution in [1.29, 1.82) is 5.26 Å². The van der Waals surface area contributed by atoms with Crippen molar-refractivity contribution in [3.05, 3.63) is 71.0 Å². The van der Waals surface area contributed by atoms with Crippen LogP contribution in [0.5, 0.6) is 0 Å². The van der Waals surface area contributed by atoms with Gasteiger partial charge < -0.3 is 0 Å². The normalized spacial score (nSPS) is 17.4. The van der Waals surface area contributed by atoms with Gasteiger partial charge in [-0.15, -0.1) is 0 Å². The van der Waals surface area contributed by atoms with Gasteiger partial charge in [0.1, 0.15) is 11.9 Å². The van der Waals surface area contributed by atoms with Gasteiger partial charge in [0, 0.05) is 26.2 Å². The maximum Gasteiger partial charge on any atom is 0.218 e. The minimum Gasteiger partial charge on any atom is -0.282 e. The number of piperazine rings is 1. The van der Waals surface area contributed by atoms with E-state index in [1.54, 1.807) is 0 Å². The molecule has 3 rings (SSSR count). The van der Waals surface area contributed by atoms with E-state index < -0.39 is 10.0 Å². The highest BCUT2D eigenvalue weighted by Gasteiger charge is 2.31. The van der Waals surface area contributed by atoms with Crippen LogP contribution in [0.25, 0.3) is 0 Å². The number of nitriles is 1. The van der Waals surface area contributed by atoms with Crippen LogP contribution in [-0.4, -0.2) is 43.8 Å².